The van der Waals surface area contributed by atoms with E-state index in [1.807, 2.05) is 0 Å². The number of carboxylic acids is 1. The predicted molar refractivity (Wildman–Crippen MR) is 80.8 cm³/mol. The van der Waals surface area contributed by atoms with E-state index < -0.39 is 5.97 Å². The molecule has 6 nitrogen and oxygen atoms in total. The van der Waals surface area contributed by atoms with Gasteiger partial charge in [0.25, 0.3) is 0 Å². The Morgan fingerprint density at radius 2 is 2.04 bits per heavy atom. The second-order valence-corrected chi connectivity index (χ2v) is 5.06. The molecule has 0 saturated carbocycles. The predicted octanol–water partition coefficient (Wildman–Crippen LogP) is 2.69. The number of aromatic nitrogens is 3. The third-order valence-corrected chi connectivity index (χ3v) is 3.60. The van der Waals surface area contributed by atoms with Crippen molar-refractivity contribution in [2.45, 2.75) is 13.5 Å². The molecule has 0 aliphatic heterocycles. The number of carbonyl (C=O) groups is 1. The minimum Gasteiger partial charge on any atom is -0.478 e. The molecule has 0 aliphatic rings. The van der Waals surface area contributed by atoms with Gasteiger partial charge in [0.15, 0.2) is 5.65 Å². The quantitative estimate of drug-likeness (QED) is 0.801. The van der Waals surface area contributed by atoms with Crippen molar-refractivity contribution in [3.63, 3.8) is 0 Å². The van der Waals surface area contributed by atoms with Crippen LogP contribution in [0.25, 0.3) is 16.8 Å². The number of methoxy groups -OCH3 is 1. The third kappa shape index (κ3) is 2.55. The fraction of sp³-hybridized carbons (Fsp3) is 0.188. The molecule has 0 unspecified atom stereocenters. The van der Waals surface area contributed by atoms with Crippen LogP contribution < -0.4 is 0 Å². The van der Waals surface area contributed by atoms with E-state index in [1.54, 1.807) is 26.2 Å². The topological polar surface area (TPSA) is 76.7 Å². The van der Waals surface area contributed by atoms with Gasteiger partial charge < -0.3 is 9.84 Å². The van der Waals surface area contributed by atoms with Crippen molar-refractivity contribution >= 4 is 11.6 Å². The second kappa shape index (κ2) is 5.77. The number of aryl methyl sites for hydroxylation is 1. The Morgan fingerprint density at radius 1 is 1.35 bits per heavy atom. The maximum Gasteiger partial charge on any atom is 0.339 e. The zero-order chi connectivity index (χ0) is 16.6. The number of benzene rings is 1. The average molecular weight is 315 g/mol. The van der Waals surface area contributed by atoms with Gasteiger partial charge in [-0.05, 0) is 24.6 Å². The summed E-state index contributed by atoms with van der Waals surface area (Å²) < 4.78 is 19.8. The van der Waals surface area contributed by atoms with Crippen LogP contribution in [-0.4, -0.2) is 32.8 Å². The first-order valence-corrected chi connectivity index (χ1v) is 6.88. The summed E-state index contributed by atoms with van der Waals surface area (Å²) in [5.74, 6) is -1.40. The molecular weight excluding hydrogens is 301 g/mol. The lowest BCUT2D eigenvalue weighted by Crippen LogP contribution is -2.07. The minimum atomic E-state index is -1.07. The Balaban J connectivity index is 2.30. The van der Waals surface area contributed by atoms with Crippen LogP contribution in [0.2, 0.25) is 0 Å². The standard InChI is InChI=1S/C16H14FN3O3/c1-9-12(16(21)22)7-18-15-14(10-3-5-11(17)6-4-10)13(8-23-2)19-20(9)15/h3-7H,8H2,1-2H3,(H,21,22). The van der Waals surface area contributed by atoms with Gasteiger partial charge in [-0.3, -0.25) is 0 Å². The van der Waals surface area contributed by atoms with Crippen LogP contribution in [0.15, 0.2) is 30.5 Å². The molecule has 3 aromatic rings. The number of fused-ring (bicyclic) bond motifs is 1. The number of ether oxygens (including phenoxy) is 1. The zero-order valence-electron chi connectivity index (χ0n) is 12.6. The number of rotatable bonds is 4. The van der Waals surface area contributed by atoms with E-state index >= 15 is 0 Å². The highest BCUT2D eigenvalue weighted by molar-refractivity contribution is 5.89. The third-order valence-electron chi connectivity index (χ3n) is 3.60. The summed E-state index contributed by atoms with van der Waals surface area (Å²) >= 11 is 0. The molecular formula is C16H14FN3O3. The number of halogens is 1. The molecule has 118 valence electrons. The molecule has 2 aromatic heterocycles. The summed E-state index contributed by atoms with van der Waals surface area (Å²) in [5, 5.41) is 13.6. The van der Waals surface area contributed by atoms with Gasteiger partial charge in [-0.25, -0.2) is 18.7 Å². The Bertz CT molecular complexity index is 888. The van der Waals surface area contributed by atoms with E-state index in [0.717, 1.165) is 5.56 Å². The first-order chi connectivity index (χ1) is 11.0. The first-order valence-electron chi connectivity index (χ1n) is 6.88. The van der Waals surface area contributed by atoms with E-state index in [-0.39, 0.29) is 18.0 Å². The molecule has 23 heavy (non-hydrogen) atoms. The van der Waals surface area contributed by atoms with Crippen LogP contribution in [0.1, 0.15) is 21.7 Å². The molecule has 0 aliphatic carbocycles. The van der Waals surface area contributed by atoms with E-state index in [1.165, 1.54) is 22.8 Å². The van der Waals surface area contributed by atoms with Crippen molar-refractivity contribution in [1.82, 2.24) is 14.6 Å². The largest absolute Gasteiger partial charge is 0.478 e. The highest BCUT2D eigenvalue weighted by Gasteiger charge is 2.20. The van der Waals surface area contributed by atoms with Crippen molar-refractivity contribution in [1.29, 1.82) is 0 Å². The molecule has 3 rings (SSSR count). The van der Waals surface area contributed by atoms with Gasteiger partial charge in [0.2, 0.25) is 0 Å². The van der Waals surface area contributed by atoms with Gasteiger partial charge in [-0.1, -0.05) is 12.1 Å². The van der Waals surface area contributed by atoms with Crippen molar-refractivity contribution in [3.05, 3.63) is 53.2 Å². The van der Waals surface area contributed by atoms with Gasteiger partial charge in [0, 0.05) is 13.3 Å². The Morgan fingerprint density at radius 3 is 2.65 bits per heavy atom. The second-order valence-electron chi connectivity index (χ2n) is 5.06. The van der Waals surface area contributed by atoms with Crippen LogP contribution in [0.3, 0.4) is 0 Å². The van der Waals surface area contributed by atoms with Gasteiger partial charge in [0.05, 0.1) is 29.1 Å². The summed E-state index contributed by atoms with van der Waals surface area (Å²) in [5.41, 5.74) is 3.10. The molecule has 0 fully saturated rings. The molecule has 7 heteroatoms. The Hall–Kier alpha value is -2.80. The van der Waals surface area contributed by atoms with Crippen LogP contribution in [0, 0.1) is 12.7 Å². The highest BCUT2D eigenvalue weighted by atomic mass is 19.1. The Kier molecular flexibility index (Phi) is 3.79. The number of aromatic carboxylic acids is 1. The van der Waals surface area contributed by atoms with Gasteiger partial charge >= 0.3 is 5.97 Å². The van der Waals surface area contributed by atoms with Gasteiger partial charge in [0.1, 0.15) is 5.82 Å². The molecule has 0 amide bonds. The van der Waals surface area contributed by atoms with Gasteiger partial charge in [-0.2, -0.15) is 5.10 Å². The number of hydrogen-bond donors (Lipinski definition) is 1. The molecule has 1 N–H and O–H groups in total. The van der Waals surface area contributed by atoms with Gasteiger partial charge in [-0.15, -0.1) is 0 Å². The summed E-state index contributed by atoms with van der Waals surface area (Å²) in [6.45, 7) is 1.90. The average Bonchev–Trinajstić information content (AvgIpc) is 2.88. The van der Waals surface area contributed by atoms with E-state index in [2.05, 4.69) is 10.1 Å². The molecule has 1 aromatic carbocycles. The fourth-order valence-electron chi connectivity index (χ4n) is 2.50. The van der Waals surface area contributed by atoms with E-state index in [9.17, 15) is 14.3 Å². The van der Waals surface area contributed by atoms with Crippen LogP contribution in [0.5, 0.6) is 0 Å². The lowest BCUT2D eigenvalue weighted by atomic mass is 10.1. The lowest BCUT2D eigenvalue weighted by molar-refractivity contribution is 0.0695. The molecule has 2 heterocycles. The SMILES string of the molecule is COCc1nn2c(C)c(C(=O)O)cnc2c1-c1ccc(F)cc1. The summed E-state index contributed by atoms with van der Waals surface area (Å²) in [6.07, 6.45) is 1.30. The maximum absolute atomic E-state index is 13.2. The maximum atomic E-state index is 13.2. The smallest absolute Gasteiger partial charge is 0.339 e. The molecule has 0 spiro atoms. The van der Waals surface area contributed by atoms with Crippen molar-refractivity contribution in [3.8, 4) is 11.1 Å². The Labute approximate surface area is 131 Å². The number of nitrogens with zero attached hydrogens (tertiary/aromatic N) is 3. The molecule has 0 bridgehead atoms. The number of carboxylic acid groups (broad SMARTS) is 1. The summed E-state index contributed by atoms with van der Waals surface area (Å²) in [7, 11) is 1.54. The van der Waals surface area contributed by atoms with E-state index in [0.29, 0.717) is 22.6 Å². The summed E-state index contributed by atoms with van der Waals surface area (Å²) in [6, 6.07) is 5.98. The molecule has 0 radical (unpaired) electrons. The summed E-state index contributed by atoms with van der Waals surface area (Å²) in [4.78, 5) is 15.5. The van der Waals surface area contributed by atoms with Crippen molar-refractivity contribution < 1.29 is 19.0 Å². The van der Waals surface area contributed by atoms with Crippen molar-refractivity contribution in [2.75, 3.05) is 7.11 Å². The zero-order valence-corrected chi connectivity index (χ0v) is 12.6. The van der Waals surface area contributed by atoms with E-state index in [4.69, 9.17) is 4.74 Å². The van der Waals surface area contributed by atoms with Crippen molar-refractivity contribution in [2.24, 2.45) is 0 Å². The lowest BCUT2D eigenvalue weighted by Gasteiger charge is -2.04. The monoisotopic (exact) mass is 315 g/mol. The normalized spacial score (nSPS) is 11.1. The first kappa shape index (κ1) is 15.1. The van der Waals surface area contributed by atoms with Crippen LogP contribution in [0.4, 0.5) is 4.39 Å². The minimum absolute atomic E-state index is 0.0784. The number of hydrogen-bond acceptors (Lipinski definition) is 4. The highest BCUT2D eigenvalue weighted by Crippen LogP contribution is 2.29. The van der Waals surface area contributed by atoms with Crippen LogP contribution >= 0.6 is 0 Å². The molecule has 0 atom stereocenters. The van der Waals surface area contributed by atoms with Crippen LogP contribution in [-0.2, 0) is 11.3 Å². The molecule has 0 saturated heterocycles. The fourth-order valence-corrected chi connectivity index (χ4v) is 2.50.